The third-order valence-corrected chi connectivity index (χ3v) is 6.38. The molecule has 8 heteroatoms. The maximum absolute atomic E-state index is 13.6. The Balaban J connectivity index is 0.000000556. The van der Waals surface area contributed by atoms with Crippen LogP contribution in [0.3, 0.4) is 0 Å². The Hall–Kier alpha value is -4.25. The van der Waals surface area contributed by atoms with Crippen LogP contribution in [0.2, 0.25) is 0 Å². The van der Waals surface area contributed by atoms with E-state index in [0.29, 0.717) is 41.1 Å². The van der Waals surface area contributed by atoms with Crippen LogP contribution in [0.25, 0.3) is 0 Å². The fourth-order valence-corrected chi connectivity index (χ4v) is 4.90. The van der Waals surface area contributed by atoms with Crippen LogP contribution in [0, 0.1) is 22.6 Å². The van der Waals surface area contributed by atoms with Crippen molar-refractivity contribution in [3.63, 3.8) is 0 Å². The molecule has 7 nitrogen and oxygen atoms in total. The quantitative estimate of drug-likeness (QED) is 0.641. The number of hydrogen-bond donors (Lipinski definition) is 1. The first-order valence-corrected chi connectivity index (χ1v) is 11.6. The molecule has 2 amide bonds. The molecule has 2 heterocycles. The van der Waals surface area contributed by atoms with Gasteiger partial charge in [-0.2, -0.15) is 5.26 Å². The molecule has 2 aromatic carbocycles. The number of rotatable bonds is 2. The van der Waals surface area contributed by atoms with Gasteiger partial charge in [-0.15, -0.1) is 0 Å². The van der Waals surface area contributed by atoms with Crippen LogP contribution in [0.5, 0.6) is 0 Å². The molecule has 0 fully saturated rings. The molecule has 1 aliphatic carbocycles. The molecule has 36 heavy (non-hydrogen) atoms. The number of halogens is 1. The molecular formula is C28H27FN4O3. The number of para-hydroxylation sites is 1. The van der Waals surface area contributed by atoms with E-state index in [1.807, 2.05) is 30.9 Å². The van der Waals surface area contributed by atoms with Crippen molar-refractivity contribution in [1.29, 1.82) is 5.26 Å². The third kappa shape index (κ3) is 4.40. The van der Waals surface area contributed by atoms with Crippen molar-refractivity contribution in [3.8, 4) is 6.07 Å². The largest absolute Gasteiger partial charge is 0.351 e. The van der Waals surface area contributed by atoms with Gasteiger partial charge in [0.2, 0.25) is 6.41 Å². The highest BCUT2D eigenvalue weighted by Crippen LogP contribution is 2.51. The second kappa shape index (κ2) is 9.42. The van der Waals surface area contributed by atoms with Crippen molar-refractivity contribution < 1.29 is 18.8 Å². The number of benzene rings is 2. The number of nitriles is 1. The third-order valence-electron chi connectivity index (χ3n) is 6.38. The monoisotopic (exact) mass is 486 g/mol. The number of fused-ring (bicyclic) bond motifs is 4. The first-order valence-electron chi connectivity index (χ1n) is 11.6. The van der Waals surface area contributed by atoms with Gasteiger partial charge in [-0.05, 0) is 41.7 Å². The van der Waals surface area contributed by atoms with Crippen LogP contribution in [0.4, 0.5) is 10.1 Å². The summed E-state index contributed by atoms with van der Waals surface area (Å²) >= 11 is 0. The molecule has 0 unspecified atom stereocenters. The predicted octanol–water partition coefficient (Wildman–Crippen LogP) is 4.26. The molecule has 2 aromatic rings. The Kier molecular flexibility index (Phi) is 6.51. The van der Waals surface area contributed by atoms with E-state index in [1.165, 1.54) is 17.0 Å². The summed E-state index contributed by atoms with van der Waals surface area (Å²) in [5.74, 6) is -0.983. The van der Waals surface area contributed by atoms with E-state index < -0.39 is 11.7 Å². The van der Waals surface area contributed by atoms with Gasteiger partial charge in [0.1, 0.15) is 11.6 Å². The van der Waals surface area contributed by atoms with Gasteiger partial charge in [-0.1, -0.05) is 38.1 Å². The number of ketones is 1. The van der Waals surface area contributed by atoms with Crippen LogP contribution < -0.4 is 10.2 Å². The number of hydrogen-bond acceptors (Lipinski definition) is 5. The predicted molar refractivity (Wildman–Crippen MR) is 133 cm³/mol. The minimum absolute atomic E-state index is 0.0262. The van der Waals surface area contributed by atoms with Crippen molar-refractivity contribution in [3.05, 3.63) is 88.1 Å². The van der Waals surface area contributed by atoms with Gasteiger partial charge >= 0.3 is 0 Å². The lowest BCUT2D eigenvalue weighted by Gasteiger charge is -2.46. The van der Waals surface area contributed by atoms with E-state index in [1.54, 1.807) is 38.4 Å². The summed E-state index contributed by atoms with van der Waals surface area (Å²) < 4.78 is 13.6. The molecule has 0 saturated heterocycles. The normalized spacial score (nSPS) is 19.7. The summed E-state index contributed by atoms with van der Waals surface area (Å²) in [5.41, 5.74) is 3.15. The molecule has 0 bridgehead atoms. The molecule has 0 radical (unpaired) electrons. The van der Waals surface area contributed by atoms with Crippen LogP contribution in [0.15, 0.2) is 71.2 Å². The number of allylic oxidation sites excluding steroid dienone is 3. The van der Waals surface area contributed by atoms with Crippen LogP contribution in [-0.4, -0.2) is 37.1 Å². The van der Waals surface area contributed by atoms with Crippen molar-refractivity contribution in [2.45, 2.75) is 32.6 Å². The standard InChI is InChI=1S/C25H20FN3O2.C3H7NO/c1-25(2)11-19-22(20(30)12-25)21(14-7-9-15(26)10-8-14)17(13-27)23-28-24(31)16-5-3-4-6-18(16)29(19)23;1-4(2)3-5/h3-10,21H,11-12H2,1-2H3,(H,28,31);3H,1-2H3/t21-;/m0./s1. The topological polar surface area (TPSA) is 93.5 Å². The molecule has 3 aliphatic rings. The molecule has 0 saturated carbocycles. The van der Waals surface area contributed by atoms with Gasteiger partial charge in [-0.3, -0.25) is 19.3 Å². The first-order chi connectivity index (χ1) is 17.1. The molecule has 5 rings (SSSR count). The maximum Gasteiger partial charge on any atom is 0.258 e. The molecule has 184 valence electrons. The zero-order chi connectivity index (χ0) is 26.2. The van der Waals surface area contributed by atoms with Crippen molar-refractivity contribution in [2.24, 2.45) is 5.41 Å². The summed E-state index contributed by atoms with van der Waals surface area (Å²) in [6, 6.07) is 15.3. The maximum atomic E-state index is 13.6. The summed E-state index contributed by atoms with van der Waals surface area (Å²) in [5, 5.41) is 13.0. The van der Waals surface area contributed by atoms with E-state index in [4.69, 9.17) is 0 Å². The van der Waals surface area contributed by atoms with Gasteiger partial charge in [0.15, 0.2) is 5.78 Å². The smallest absolute Gasteiger partial charge is 0.258 e. The van der Waals surface area contributed by atoms with Crippen LogP contribution >= 0.6 is 0 Å². The zero-order valence-electron chi connectivity index (χ0n) is 20.6. The number of nitrogens with one attached hydrogen (secondary N) is 1. The zero-order valence-corrected chi connectivity index (χ0v) is 20.6. The summed E-state index contributed by atoms with van der Waals surface area (Å²) in [6.07, 6.45) is 1.72. The van der Waals surface area contributed by atoms with E-state index in [9.17, 15) is 24.0 Å². The number of amides is 2. The molecular weight excluding hydrogens is 459 g/mol. The van der Waals surface area contributed by atoms with Gasteiger partial charge in [-0.25, -0.2) is 4.39 Å². The van der Waals surface area contributed by atoms with Gasteiger partial charge in [0.25, 0.3) is 5.91 Å². The Morgan fingerprint density at radius 3 is 2.36 bits per heavy atom. The Bertz CT molecular complexity index is 1350. The highest BCUT2D eigenvalue weighted by molar-refractivity contribution is 6.07. The minimum Gasteiger partial charge on any atom is -0.351 e. The lowest BCUT2D eigenvalue weighted by atomic mass is 9.68. The fraction of sp³-hybridized carbons (Fsp3) is 0.286. The van der Waals surface area contributed by atoms with Crippen molar-refractivity contribution in [2.75, 3.05) is 19.0 Å². The molecule has 2 aliphatic heterocycles. The van der Waals surface area contributed by atoms with Gasteiger partial charge in [0.05, 0.1) is 28.8 Å². The van der Waals surface area contributed by atoms with Crippen LogP contribution in [0.1, 0.15) is 48.5 Å². The number of nitrogens with zero attached hydrogens (tertiary/aromatic N) is 3. The Morgan fingerprint density at radius 1 is 1.11 bits per heavy atom. The number of anilines is 1. The second-order valence-corrected chi connectivity index (χ2v) is 10.0. The highest BCUT2D eigenvalue weighted by Gasteiger charge is 2.47. The summed E-state index contributed by atoms with van der Waals surface area (Å²) in [6.45, 7) is 4.08. The van der Waals surface area contributed by atoms with Crippen molar-refractivity contribution >= 4 is 23.8 Å². The second-order valence-electron chi connectivity index (χ2n) is 10.0. The first kappa shape index (κ1) is 24.9. The average Bonchev–Trinajstić information content (AvgIpc) is 2.83. The Labute approximate surface area is 209 Å². The molecule has 1 N–H and O–H groups in total. The van der Waals surface area contributed by atoms with Crippen LogP contribution in [-0.2, 0) is 9.59 Å². The summed E-state index contributed by atoms with van der Waals surface area (Å²) in [4.78, 5) is 39.0. The fourth-order valence-electron chi connectivity index (χ4n) is 4.90. The number of carbonyl (C=O) groups excluding carboxylic acids is 3. The van der Waals surface area contributed by atoms with Gasteiger partial charge < -0.3 is 10.2 Å². The highest BCUT2D eigenvalue weighted by atomic mass is 19.1. The molecule has 0 spiro atoms. The van der Waals surface area contributed by atoms with Gasteiger partial charge in [0, 0.05) is 31.8 Å². The number of Topliss-reactive ketones (excluding diaryl/α,β-unsaturated/α-hetero) is 1. The number of carbonyl (C=O) groups is 3. The lowest BCUT2D eigenvalue weighted by Crippen LogP contribution is -2.48. The minimum atomic E-state index is -0.652. The lowest BCUT2D eigenvalue weighted by molar-refractivity contribution is -0.118. The average molecular weight is 487 g/mol. The van der Waals surface area contributed by atoms with Crippen molar-refractivity contribution in [1.82, 2.24) is 10.2 Å². The SMILES string of the molecule is CC1(C)CC(=O)C2=C(C1)N1C(=C(C#N)[C@@H]2c2ccc(F)cc2)NC(=O)c2ccccc21.CN(C)C=O. The van der Waals surface area contributed by atoms with E-state index in [-0.39, 0.29) is 22.7 Å². The van der Waals surface area contributed by atoms with E-state index >= 15 is 0 Å². The summed E-state index contributed by atoms with van der Waals surface area (Å²) in [7, 11) is 3.38. The van der Waals surface area contributed by atoms with E-state index in [2.05, 4.69) is 11.4 Å². The van der Waals surface area contributed by atoms with E-state index in [0.717, 1.165) is 12.1 Å². The Morgan fingerprint density at radius 2 is 1.75 bits per heavy atom. The molecule has 1 atom stereocenters. The molecule has 0 aromatic heterocycles.